The number of amides is 1. The first-order valence-corrected chi connectivity index (χ1v) is 9.24. The number of hydrogen-bond acceptors (Lipinski definition) is 4. The van der Waals surface area contributed by atoms with Gasteiger partial charge in [0.2, 0.25) is 5.91 Å². The third kappa shape index (κ3) is 3.83. The molecule has 1 N–H and O–H groups in total. The van der Waals surface area contributed by atoms with Crippen molar-refractivity contribution >= 4 is 5.91 Å². The lowest BCUT2D eigenvalue weighted by Crippen LogP contribution is -2.36. The molecule has 0 aromatic heterocycles. The van der Waals surface area contributed by atoms with Crippen LogP contribution in [0.15, 0.2) is 48.5 Å². The first-order chi connectivity index (χ1) is 12.8. The van der Waals surface area contributed by atoms with Gasteiger partial charge in [0.05, 0.1) is 6.54 Å². The van der Waals surface area contributed by atoms with Gasteiger partial charge in [0.15, 0.2) is 11.5 Å². The summed E-state index contributed by atoms with van der Waals surface area (Å²) in [6, 6.07) is 16.4. The average molecular weight is 352 g/mol. The highest BCUT2D eigenvalue weighted by molar-refractivity contribution is 5.78. The molecule has 0 aliphatic carbocycles. The molecule has 1 amide bonds. The van der Waals surface area contributed by atoms with Crippen LogP contribution in [0.1, 0.15) is 30.0 Å². The first kappa shape index (κ1) is 16.9. The van der Waals surface area contributed by atoms with Gasteiger partial charge in [-0.25, -0.2) is 0 Å². The van der Waals surface area contributed by atoms with Gasteiger partial charge >= 0.3 is 0 Å². The number of carbonyl (C=O) groups excluding carboxylic acids is 1. The van der Waals surface area contributed by atoms with Crippen molar-refractivity contribution in [3.63, 3.8) is 0 Å². The van der Waals surface area contributed by atoms with Gasteiger partial charge in [0.1, 0.15) is 13.2 Å². The largest absolute Gasteiger partial charge is 0.486 e. The number of likely N-dealkylation sites (tertiary alicyclic amines) is 1. The molecule has 4 rings (SSSR count). The van der Waals surface area contributed by atoms with Crippen molar-refractivity contribution in [3.8, 4) is 11.5 Å². The summed E-state index contributed by atoms with van der Waals surface area (Å²) >= 11 is 0. The van der Waals surface area contributed by atoms with Crippen molar-refractivity contribution in [2.45, 2.75) is 25.4 Å². The molecular weight excluding hydrogens is 328 g/mol. The summed E-state index contributed by atoms with van der Waals surface area (Å²) in [6.45, 7) is 3.13. The Balaban J connectivity index is 1.38. The van der Waals surface area contributed by atoms with E-state index in [1.165, 1.54) is 5.56 Å². The molecule has 5 heteroatoms. The lowest BCUT2D eigenvalue weighted by molar-refractivity contribution is -0.122. The Morgan fingerprint density at radius 2 is 1.88 bits per heavy atom. The van der Waals surface area contributed by atoms with Crippen LogP contribution >= 0.6 is 0 Å². The van der Waals surface area contributed by atoms with Crippen LogP contribution in [-0.4, -0.2) is 37.1 Å². The molecule has 2 aromatic carbocycles. The SMILES string of the molecule is O=C(CN1CCC[C@@H]1c1ccc2c(c1)OCCO2)NCc1ccccc1. The minimum Gasteiger partial charge on any atom is -0.486 e. The highest BCUT2D eigenvalue weighted by Gasteiger charge is 2.28. The molecule has 0 unspecified atom stereocenters. The molecule has 136 valence electrons. The highest BCUT2D eigenvalue weighted by Crippen LogP contribution is 2.37. The minimum absolute atomic E-state index is 0.0679. The van der Waals surface area contributed by atoms with Crippen molar-refractivity contribution in [3.05, 3.63) is 59.7 Å². The number of rotatable bonds is 5. The van der Waals surface area contributed by atoms with Crippen LogP contribution in [0.3, 0.4) is 0 Å². The zero-order valence-electron chi connectivity index (χ0n) is 14.8. The number of ether oxygens (including phenoxy) is 2. The lowest BCUT2D eigenvalue weighted by atomic mass is 10.0. The minimum atomic E-state index is 0.0679. The fraction of sp³-hybridized carbons (Fsp3) is 0.381. The maximum absolute atomic E-state index is 12.4. The Hall–Kier alpha value is -2.53. The predicted octanol–water partition coefficient (Wildman–Crippen LogP) is 2.91. The van der Waals surface area contributed by atoms with Gasteiger partial charge in [-0.3, -0.25) is 9.69 Å². The van der Waals surface area contributed by atoms with Crippen LogP contribution in [0.2, 0.25) is 0 Å². The number of benzene rings is 2. The van der Waals surface area contributed by atoms with Gasteiger partial charge in [-0.05, 0) is 42.6 Å². The second-order valence-electron chi connectivity index (χ2n) is 6.79. The molecule has 0 radical (unpaired) electrons. The number of nitrogens with zero attached hydrogens (tertiary/aromatic N) is 1. The van der Waals surface area contributed by atoms with Crippen molar-refractivity contribution in [2.75, 3.05) is 26.3 Å². The van der Waals surface area contributed by atoms with E-state index in [0.717, 1.165) is 36.4 Å². The third-order valence-corrected chi connectivity index (χ3v) is 4.99. The standard InChI is InChI=1S/C21H24N2O3/c24-21(22-14-16-5-2-1-3-6-16)15-23-10-4-7-18(23)17-8-9-19-20(13-17)26-12-11-25-19/h1-3,5-6,8-9,13,18H,4,7,10-12,14-15H2,(H,22,24)/t18-/m1/s1. The summed E-state index contributed by atoms with van der Waals surface area (Å²) in [5.74, 6) is 1.69. The van der Waals surface area contributed by atoms with Gasteiger partial charge in [0, 0.05) is 12.6 Å². The maximum Gasteiger partial charge on any atom is 0.234 e. The fourth-order valence-electron chi connectivity index (χ4n) is 3.70. The molecule has 26 heavy (non-hydrogen) atoms. The Morgan fingerprint density at radius 1 is 1.08 bits per heavy atom. The monoisotopic (exact) mass is 352 g/mol. The Morgan fingerprint density at radius 3 is 2.73 bits per heavy atom. The van der Waals surface area contributed by atoms with E-state index in [2.05, 4.69) is 22.3 Å². The fourth-order valence-corrected chi connectivity index (χ4v) is 3.70. The van der Waals surface area contributed by atoms with E-state index in [1.807, 2.05) is 36.4 Å². The van der Waals surface area contributed by atoms with Crippen LogP contribution < -0.4 is 14.8 Å². The van der Waals surface area contributed by atoms with E-state index in [9.17, 15) is 4.79 Å². The van der Waals surface area contributed by atoms with Crippen LogP contribution in [0.25, 0.3) is 0 Å². The summed E-state index contributed by atoms with van der Waals surface area (Å²) in [4.78, 5) is 14.6. The molecule has 0 saturated carbocycles. The van der Waals surface area contributed by atoms with E-state index in [0.29, 0.717) is 26.3 Å². The molecular formula is C21H24N2O3. The predicted molar refractivity (Wildman–Crippen MR) is 99.3 cm³/mol. The third-order valence-electron chi connectivity index (χ3n) is 4.99. The summed E-state index contributed by atoms with van der Waals surface area (Å²) in [7, 11) is 0. The lowest BCUT2D eigenvalue weighted by Gasteiger charge is -2.26. The van der Waals surface area contributed by atoms with Gasteiger partial charge < -0.3 is 14.8 Å². The summed E-state index contributed by atoms with van der Waals surface area (Å²) in [5.41, 5.74) is 2.31. The van der Waals surface area contributed by atoms with Gasteiger partial charge in [-0.2, -0.15) is 0 Å². The number of hydrogen-bond donors (Lipinski definition) is 1. The van der Waals surface area contributed by atoms with Crippen LogP contribution in [0, 0.1) is 0 Å². The molecule has 2 heterocycles. The van der Waals surface area contributed by atoms with E-state index >= 15 is 0 Å². The quantitative estimate of drug-likeness (QED) is 0.899. The molecule has 2 aliphatic rings. The molecule has 1 saturated heterocycles. The zero-order chi connectivity index (χ0) is 17.8. The van der Waals surface area contributed by atoms with E-state index in [4.69, 9.17) is 9.47 Å². The summed E-state index contributed by atoms with van der Waals surface area (Å²) in [5, 5.41) is 3.02. The van der Waals surface area contributed by atoms with Gasteiger partial charge in [-0.1, -0.05) is 36.4 Å². The zero-order valence-corrected chi connectivity index (χ0v) is 14.8. The van der Waals surface area contributed by atoms with Crippen molar-refractivity contribution in [1.82, 2.24) is 10.2 Å². The van der Waals surface area contributed by atoms with Gasteiger partial charge in [-0.15, -0.1) is 0 Å². The Bertz CT molecular complexity index is 763. The summed E-state index contributed by atoms with van der Waals surface area (Å²) < 4.78 is 11.3. The first-order valence-electron chi connectivity index (χ1n) is 9.24. The second kappa shape index (κ2) is 7.79. The molecule has 2 aromatic rings. The smallest absolute Gasteiger partial charge is 0.234 e. The van der Waals surface area contributed by atoms with Gasteiger partial charge in [0.25, 0.3) is 0 Å². The number of carbonyl (C=O) groups is 1. The van der Waals surface area contributed by atoms with Crippen molar-refractivity contribution < 1.29 is 14.3 Å². The van der Waals surface area contributed by atoms with Crippen molar-refractivity contribution in [2.24, 2.45) is 0 Å². The topological polar surface area (TPSA) is 50.8 Å². The van der Waals surface area contributed by atoms with E-state index in [1.54, 1.807) is 0 Å². The van der Waals surface area contributed by atoms with Crippen LogP contribution in [-0.2, 0) is 11.3 Å². The van der Waals surface area contributed by atoms with E-state index < -0.39 is 0 Å². The summed E-state index contributed by atoms with van der Waals surface area (Å²) in [6.07, 6.45) is 2.16. The van der Waals surface area contributed by atoms with E-state index in [-0.39, 0.29) is 11.9 Å². The van der Waals surface area contributed by atoms with Crippen LogP contribution in [0.4, 0.5) is 0 Å². The molecule has 1 fully saturated rings. The molecule has 0 bridgehead atoms. The van der Waals surface area contributed by atoms with Crippen molar-refractivity contribution in [1.29, 1.82) is 0 Å². The maximum atomic E-state index is 12.4. The average Bonchev–Trinajstić information content (AvgIpc) is 3.15. The number of fused-ring (bicyclic) bond motifs is 1. The molecule has 0 spiro atoms. The van der Waals surface area contributed by atoms with Crippen LogP contribution in [0.5, 0.6) is 11.5 Å². The Kier molecular flexibility index (Phi) is 5.07. The highest BCUT2D eigenvalue weighted by atomic mass is 16.6. The molecule has 2 aliphatic heterocycles. The molecule has 1 atom stereocenters. The Labute approximate surface area is 153 Å². The second-order valence-corrected chi connectivity index (χ2v) is 6.79. The molecule has 5 nitrogen and oxygen atoms in total. The normalized spacial score (nSPS) is 19.3. The number of nitrogens with one attached hydrogen (secondary N) is 1.